The molecule has 3 N–H and O–H groups in total. The van der Waals surface area contributed by atoms with Crippen LogP contribution in [0.4, 0.5) is 15.8 Å². The molecule has 0 spiro atoms. The number of hydrogen-bond donors (Lipinski definition) is 2. The van der Waals surface area contributed by atoms with E-state index >= 15 is 0 Å². The minimum atomic E-state index is -0.423. The first-order chi connectivity index (χ1) is 9.10. The van der Waals surface area contributed by atoms with Crippen LogP contribution in [-0.2, 0) is 0 Å². The number of nitrogen functional groups attached to an aromatic ring is 1. The van der Waals surface area contributed by atoms with Crippen molar-refractivity contribution in [2.75, 3.05) is 17.6 Å². The maximum atomic E-state index is 13.4. The molecule has 0 unspecified atom stereocenters. The summed E-state index contributed by atoms with van der Waals surface area (Å²) in [5.41, 5.74) is 7.00. The summed E-state index contributed by atoms with van der Waals surface area (Å²) in [5.74, 6) is 1.14. The lowest BCUT2D eigenvalue weighted by Crippen LogP contribution is -2.21. The highest BCUT2D eigenvalue weighted by Gasteiger charge is 2.20. The van der Waals surface area contributed by atoms with Crippen molar-refractivity contribution in [1.29, 1.82) is 0 Å². The Morgan fingerprint density at radius 3 is 2.53 bits per heavy atom. The van der Waals surface area contributed by atoms with Crippen LogP contribution in [0.3, 0.4) is 0 Å². The summed E-state index contributed by atoms with van der Waals surface area (Å²) in [6.07, 6.45) is 6.42. The summed E-state index contributed by atoms with van der Waals surface area (Å²) in [4.78, 5) is 0. The van der Waals surface area contributed by atoms with Crippen LogP contribution in [0, 0.1) is 17.7 Å². The molecule has 2 nitrogen and oxygen atoms in total. The zero-order valence-corrected chi connectivity index (χ0v) is 12.1. The van der Waals surface area contributed by atoms with Gasteiger partial charge in [0.1, 0.15) is 5.82 Å². The first-order valence-corrected chi connectivity index (χ1v) is 7.46. The summed E-state index contributed by atoms with van der Waals surface area (Å²) in [6.45, 7) is 3.13. The van der Waals surface area contributed by atoms with E-state index in [1.807, 2.05) is 0 Å². The average Bonchev–Trinajstić information content (AvgIpc) is 2.42. The highest BCUT2D eigenvalue weighted by molar-refractivity contribution is 6.31. The van der Waals surface area contributed by atoms with E-state index in [2.05, 4.69) is 12.2 Å². The van der Waals surface area contributed by atoms with Crippen LogP contribution in [0.2, 0.25) is 5.02 Å². The van der Waals surface area contributed by atoms with E-state index in [1.165, 1.54) is 44.2 Å². The Morgan fingerprint density at radius 2 is 1.89 bits per heavy atom. The second kappa shape index (κ2) is 6.47. The van der Waals surface area contributed by atoms with Crippen LogP contribution in [0.5, 0.6) is 0 Å². The third-order valence-electron chi connectivity index (χ3n) is 4.22. The Kier molecular flexibility index (Phi) is 4.92. The molecule has 0 saturated heterocycles. The summed E-state index contributed by atoms with van der Waals surface area (Å²) < 4.78 is 13.4. The fourth-order valence-electron chi connectivity index (χ4n) is 2.81. The minimum absolute atomic E-state index is 0.0755. The Balaban J connectivity index is 1.88. The predicted molar refractivity (Wildman–Crippen MR) is 80.1 cm³/mol. The molecular weight excluding hydrogens is 263 g/mol. The maximum Gasteiger partial charge on any atom is 0.143 e. The summed E-state index contributed by atoms with van der Waals surface area (Å²) in [5, 5.41) is 3.34. The molecule has 0 amide bonds. The molecule has 0 bridgehead atoms. The van der Waals surface area contributed by atoms with E-state index in [-0.39, 0.29) is 5.02 Å². The van der Waals surface area contributed by atoms with Crippen LogP contribution >= 0.6 is 11.6 Å². The number of nitrogens with one attached hydrogen (secondary N) is 1. The van der Waals surface area contributed by atoms with Gasteiger partial charge in [0.25, 0.3) is 0 Å². The van der Waals surface area contributed by atoms with Crippen molar-refractivity contribution < 1.29 is 4.39 Å². The van der Waals surface area contributed by atoms with Crippen LogP contribution in [0.25, 0.3) is 0 Å². The Morgan fingerprint density at radius 1 is 1.26 bits per heavy atom. The Labute approximate surface area is 119 Å². The Bertz CT molecular complexity index is 428. The molecule has 106 valence electrons. The largest absolute Gasteiger partial charge is 0.397 e. The molecule has 0 aliphatic heterocycles. The van der Waals surface area contributed by atoms with Crippen LogP contribution in [0.15, 0.2) is 12.1 Å². The standard InChI is InChI=1S/C15H22ClFN2/c1-2-10-3-5-11(6-4-10)9-19-15-8-13(17)12(16)7-14(15)18/h7-8,10-11,19H,2-6,9,18H2,1H3. The van der Waals surface area contributed by atoms with Gasteiger partial charge in [0, 0.05) is 12.6 Å². The van der Waals surface area contributed by atoms with E-state index in [4.69, 9.17) is 17.3 Å². The van der Waals surface area contributed by atoms with Crippen molar-refractivity contribution in [3.05, 3.63) is 23.0 Å². The summed E-state index contributed by atoms with van der Waals surface area (Å²) >= 11 is 5.68. The van der Waals surface area contributed by atoms with Gasteiger partial charge in [-0.25, -0.2) is 4.39 Å². The van der Waals surface area contributed by atoms with Gasteiger partial charge in [-0.15, -0.1) is 0 Å². The molecule has 0 heterocycles. The SMILES string of the molecule is CCC1CCC(CNc2cc(F)c(Cl)cc2N)CC1. The van der Waals surface area contributed by atoms with Crippen molar-refractivity contribution in [3.63, 3.8) is 0 Å². The number of halogens is 2. The lowest BCUT2D eigenvalue weighted by atomic mass is 9.81. The molecule has 4 heteroatoms. The van der Waals surface area contributed by atoms with Gasteiger partial charge in [-0.1, -0.05) is 37.8 Å². The van der Waals surface area contributed by atoms with Gasteiger partial charge >= 0.3 is 0 Å². The minimum Gasteiger partial charge on any atom is -0.397 e. The molecule has 1 aliphatic rings. The molecule has 1 fully saturated rings. The summed E-state index contributed by atoms with van der Waals surface area (Å²) in [6, 6.07) is 2.85. The molecule has 0 atom stereocenters. The van der Waals surface area contributed by atoms with Gasteiger partial charge in [0.15, 0.2) is 0 Å². The van der Waals surface area contributed by atoms with E-state index in [0.29, 0.717) is 17.3 Å². The molecule has 1 saturated carbocycles. The highest BCUT2D eigenvalue weighted by Crippen LogP contribution is 2.32. The molecule has 1 aliphatic carbocycles. The lowest BCUT2D eigenvalue weighted by molar-refractivity contribution is 0.278. The predicted octanol–water partition coefficient (Wildman–Crippen LogP) is 4.69. The first kappa shape index (κ1) is 14.4. The summed E-state index contributed by atoms with van der Waals surface area (Å²) in [7, 11) is 0. The number of rotatable bonds is 4. The van der Waals surface area contributed by atoms with Crippen molar-refractivity contribution in [2.24, 2.45) is 11.8 Å². The number of hydrogen-bond acceptors (Lipinski definition) is 2. The normalized spacial score (nSPS) is 23.3. The Hall–Kier alpha value is -0.960. The van der Waals surface area contributed by atoms with Gasteiger partial charge in [0.05, 0.1) is 16.4 Å². The first-order valence-electron chi connectivity index (χ1n) is 7.08. The second-order valence-electron chi connectivity index (χ2n) is 5.53. The zero-order valence-electron chi connectivity index (χ0n) is 11.4. The number of benzene rings is 1. The fourth-order valence-corrected chi connectivity index (χ4v) is 2.99. The quantitative estimate of drug-likeness (QED) is 0.787. The topological polar surface area (TPSA) is 38.0 Å². The lowest BCUT2D eigenvalue weighted by Gasteiger charge is -2.28. The van der Waals surface area contributed by atoms with Crippen LogP contribution < -0.4 is 11.1 Å². The number of anilines is 2. The average molecular weight is 285 g/mol. The molecular formula is C15H22ClFN2. The number of nitrogens with two attached hydrogens (primary N) is 1. The third kappa shape index (κ3) is 3.75. The maximum absolute atomic E-state index is 13.4. The van der Waals surface area contributed by atoms with E-state index in [1.54, 1.807) is 0 Å². The monoisotopic (exact) mass is 284 g/mol. The van der Waals surface area contributed by atoms with Gasteiger partial charge in [-0.05, 0) is 30.7 Å². The highest BCUT2D eigenvalue weighted by atomic mass is 35.5. The van der Waals surface area contributed by atoms with Crippen molar-refractivity contribution >= 4 is 23.0 Å². The van der Waals surface area contributed by atoms with Crippen molar-refractivity contribution in [2.45, 2.75) is 39.0 Å². The molecule has 1 aromatic rings. The fraction of sp³-hybridized carbons (Fsp3) is 0.600. The molecule has 1 aromatic carbocycles. The zero-order chi connectivity index (χ0) is 13.8. The van der Waals surface area contributed by atoms with Gasteiger partial charge in [-0.3, -0.25) is 0 Å². The smallest absolute Gasteiger partial charge is 0.143 e. The molecule has 0 aromatic heterocycles. The third-order valence-corrected chi connectivity index (χ3v) is 4.51. The molecule has 0 radical (unpaired) electrons. The van der Waals surface area contributed by atoms with Gasteiger partial charge in [0.2, 0.25) is 0 Å². The van der Waals surface area contributed by atoms with E-state index in [0.717, 1.165) is 12.5 Å². The second-order valence-corrected chi connectivity index (χ2v) is 5.94. The van der Waals surface area contributed by atoms with E-state index in [9.17, 15) is 4.39 Å². The van der Waals surface area contributed by atoms with Crippen molar-refractivity contribution in [3.8, 4) is 0 Å². The molecule has 2 rings (SSSR count). The van der Waals surface area contributed by atoms with E-state index < -0.39 is 5.82 Å². The van der Waals surface area contributed by atoms with Gasteiger partial charge in [-0.2, -0.15) is 0 Å². The van der Waals surface area contributed by atoms with Gasteiger partial charge < -0.3 is 11.1 Å². The molecule has 19 heavy (non-hydrogen) atoms. The van der Waals surface area contributed by atoms with Crippen molar-refractivity contribution in [1.82, 2.24) is 0 Å². The van der Waals surface area contributed by atoms with Crippen LogP contribution in [-0.4, -0.2) is 6.54 Å². The van der Waals surface area contributed by atoms with Crippen LogP contribution in [0.1, 0.15) is 39.0 Å².